The Balaban J connectivity index is 1.89. The molecule has 2 aromatic rings. The molecule has 1 aromatic heterocycles. The van der Waals surface area contributed by atoms with Crippen LogP contribution in [0, 0.1) is 5.82 Å². The van der Waals surface area contributed by atoms with Crippen molar-refractivity contribution in [1.29, 1.82) is 0 Å². The van der Waals surface area contributed by atoms with Crippen LogP contribution in [-0.4, -0.2) is 45.9 Å². The molecule has 1 fully saturated rings. The lowest BCUT2D eigenvalue weighted by Crippen LogP contribution is -2.48. The average Bonchev–Trinajstić information content (AvgIpc) is 3.12. The van der Waals surface area contributed by atoms with Crippen molar-refractivity contribution >= 4 is 27.3 Å². The normalized spacial score (nSPS) is 18.3. The molecule has 1 aliphatic rings. The van der Waals surface area contributed by atoms with Gasteiger partial charge < -0.3 is 10.2 Å². The minimum Gasteiger partial charge on any atom is -0.328 e. The van der Waals surface area contributed by atoms with Crippen LogP contribution in [0.2, 0.25) is 0 Å². The van der Waals surface area contributed by atoms with E-state index in [9.17, 15) is 17.6 Å². The van der Waals surface area contributed by atoms with Crippen LogP contribution in [-0.2, 0) is 10.0 Å². The molecule has 0 saturated carbocycles. The van der Waals surface area contributed by atoms with Crippen LogP contribution in [0.25, 0.3) is 0 Å². The molecule has 25 heavy (non-hydrogen) atoms. The number of carbonyl (C=O) groups excluding carboxylic acids is 1. The number of benzene rings is 1. The molecule has 3 rings (SSSR count). The van der Waals surface area contributed by atoms with E-state index >= 15 is 0 Å². The number of carbonyl (C=O) groups is 1. The highest BCUT2D eigenvalue weighted by molar-refractivity contribution is 7.89. The number of halogens is 1. The van der Waals surface area contributed by atoms with Crippen LogP contribution >= 0.6 is 11.3 Å². The van der Waals surface area contributed by atoms with Gasteiger partial charge in [0.1, 0.15) is 5.82 Å². The third-order valence-electron chi connectivity index (χ3n) is 4.10. The van der Waals surface area contributed by atoms with Gasteiger partial charge in [-0.3, -0.25) is 4.79 Å². The van der Waals surface area contributed by atoms with Crippen LogP contribution in [0.15, 0.2) is 40.6 Å². The molecular formula is C16H18FN3O3S2. The zero-order valence-electron chi connectivity index (χ0n) is 13.5. The molecular weight excluding hydrogens is 365 g/mol. The van der Waals surface area contributed by atoms with Gasteiger partial charge in [-0.15, -0.1) is 11.3 Å². The van der Waals surface area contributed by atoms with Crippen LogP contribution in [0.3, 0.4) is 0 Å². The van der Waals surface area contributed by atoms with Crippen molar-refractivity contribution in [2.24, 2.45) is 0 Å². The Labute approximate surface area is 149 Å². The van der Waals surface area contributed by atoms with Gasteiger partial charge in [0, 0.05) is 25.0 Å². The molecule has 2 heterocycles. The van der Waals surface area contributed by atoms with E-state index in [1.807, 2.05) is 0 Å². The molecule has 2 N–H and O–H groups in total. The lowest BCUT2D eigenvalue weighted by molar-refractivity contribution is 0.0639. The minimum atomic E-state index is -3.59. The topological polar surface area (TPSA) is 78.5 Å². The molecule has 1 saturated heterocycles. The van der Waals surface area contributed by atoms with Crippen molar-refractivity contribution in [2.75, 3.05) is 26.7 Å². The zero-order chi connectivity index (χ0) is 18.0. The number of piperazine rings is 1. The highest BCUT2D eigenvalue weighted by Gasteiger charge is 2.30. The van der Waals surface area contributed by atoms with E-state index in [1.165, 1.54) is 30.6 Å². The van der Waals surface area contributed by atoms with Gasteiger partial charge in [0.05, 0.1) is 15.8 Å². The highest BCUT2D eigenvalue weighted by atomic mass is 32.2. The maximum atomic E-state index is 13.6. The molecule has 6 nitrogen and oxygen atoms in total. The maximum Gasteiger partial charge on any atom is 0.264 e. The Bertz CT molecular complexity index is 882. The van der Waals surface area contributed by atoms with Crippen LogP contribution < -0.4 is 10.0 Å². The van der Waals surface area contributed by atoms with Gasteiger partial charge in [-0.1, -0.05) is 12.1 Å². The number of hydrogen-bond acceptors (Lipinski definition) is 5. The molecule has 1 aromatic carbocycles. The number of nitrogens with zero attached hydrogens (tertiary/aromatic N) is 1. The zero-order valence-corrected chi connectivity index (χ0v) is 15.2. The molecule has 0 radical (unpaired) electrons. The predicted octanol–water partition coefficient (Wildman–Crippen LogP) is 1.58. The first-order chi connectivity index (χ1) is 11.9. The Morgan fingerprint density at radius 1 is 1.40 bits per heavy atom. The molecule has 134 valence electrons. The quantitative estimate of drug-likeness (QED) is 0.840. The van der Waals surface area contributed by atoms with E-state index in [4.69, 9.17) is 0 Å². The summed E-state index contributed by atoms with van der Waals surface area (Å²) >= 11 is 1.09. The fourth-order valence-corrected chi connectivity index (χ4v) is 4.75. The summed E-state index contributed by atoms with van der Waals surface area (Å²) in [5.74, 6) is -0.604. The average molecular weight is 383 g/mol. The summed E-state index contributed by atoms with van der Waals surface area (Å²) < 4.78 is 39.5. The van der Waals surface area contributed by atoms with Gasteiger partial charge >= 0.3 is 0 Å². The summed E-state index contributed by atoms with van der Waals surface area (Å²) in [4.78, 5) is 15.0. The number of thiophene rings is 1. The van der Waals surface area contributed by atoms with Crippen molar-refractivity contribution in [1.82, 2.24) is 14.9 Å². The van der Waals surface area contributed by atoms with E-state index in [2.05, 4.69) is 10.0 Å². The lowest BCUT2D eigenvalue weighted by Gasteiger charge is -2.36. The molecule has 1 atom stereocenters. The second-order valence-electron chi connectivity index (χ2n) is 5.63. The Morgan fingerprint density at radius 3 is 2.92 bits per heavy atom. The standard InChI is InChI=1S/C16H18FN3O3S2/c1-18-25(22,23)13-8-15(24-10-13)16(21)20-6-5-19-9-14(20)11-3-2-4-12(17)7-11/h2-4,7-8,10,14,18-19H,5-6,9H2,1H3. The summed E-state index contributed by atoms with van der Waals surface area (Å²) in [5, 5.41) is 4.65. The Morgan fingerprint density at radius 2 is 2.20 bits per heavy atom. The van der Waals surface area contributed by atoms with E-state index < -0.39 is 10.0 Å². The Hall–Kier alpha value is -1.81. The maximum absolute atomic E-state index is 13.6. The van der Waals surface area contributed by atoms with Gasteiger partial charge in [0.15, 0.2) is 0 Å². The molecule has 1 aliphatic heterocycles. The van der Waals surface area contributed by atoms with Crippen LogP contribution in [0.4, 0.5) is 4.39 Å². The van der Waals surface area contributed by atoms with Crippen molar-refractivity contribution in [2.45, 2.75) is 10.9 Å². The molecule has 9 heteroatoms. The van der Waals surface area contributed by atoms with E-state index in [-0.39, 0.29) is 22.7 Å². The molecule has 0 bridgehead atoms. The first kappa shape index (κ1) is 18.0. The SMILES string of the molecule is CNS(=O)(=O)c1csc(C(=O)N2CCNCC2c2cccc(F)c2)c1. The van der Waals surface area contributed by atoms with Crippen molar-refractivity contribution in [3.8, 4) is 0 Å². The van der Waals surface area contributed by atoms with Crippen molar-refractivity contribution in [3.05, 3.63) is 52.0 Å². The first-order valence-electron chi connectivity index (χ1n) is 7.71. The Kier molecular flexibility index (Phi) is 5.19. The molecule has 1 unspecified atom stereocenters. The number of amides is 1. The summed E-state index contributed by atoms with van der Waals surface area (Å²) in [7, 11) is -2.26. The lowest BCUT2D eigenvalue weighted by atomic mass is 10.0. The van der Waals surface area contributed by atoms with Crippen molar-refractivity contribution in [3.63, 3.8) is 0 Å². The van der Waals surface area contributed by atoms with Gasteiger partial charge in [-0.2, -0.15) is 0 Å². The van der Waals surface area contributed by atoms with Gasteiger partial charge in [-0.25, -0.2) is 17.5 Å². The van der Waals surface area contributed by atoms with E-state index in [0.717, 1.165) is 11.3 Å². The second kappa shape index (κ2) is 7.20. The van der Waals surface area contributed by atoms with Crippen LogP contribution in [0.5, 0.6) is 0 Å². The highest BCUT2D eigenvalue weighted by Crippen LogP contribution is 2.27. The molecule has 0 spiro atoms. The summed E-state index contributed by atoms with van der Waals surface area (Å²) in [6, 6.07) is 7.26. The summed E-state index contributed by atoms with van der Waals surface area (Å²) in [5.41, 5.74) is 0.708. The van der Waals surface area contributed by atoms with Gasteiger partial charge in [-0.05, 0) is 30.8 Å². The smallest absolute Gasteiger partial charge is 0.264 e. The molecule has 1 amide bonds. The number of sulfonamides is 1. The summed E-state index contributed by atoms with van der Waals surface area (Å²) in [6.45, 7) is 1.61. The van der Waals surface area contributed by atoms with E-state index in [0.29, 0.717) is 30.1 Å². The van der Waals surface area contributed by atoms with Gasteiger partial charge in [0.2, 0.25) is 10.0 Å². The molecule has 0 aliphatic carbocycles. The number of rotatable bonds is 4. The third-order valence-corrected chi connectivity index (χ3v) is 6.56. The fourth-order valence-electron chi connectivity index (χ4n) is 2.79. The van der Waals surface area contributed by atoms with E-state index in [1.54, 1.807) is 17.0 Å². The number of hydrogen-bond donors (Lipinski definition) is 2. The predicted molar refractivity (Wildman–Crippen MR) is 93.6 cm³/mol. The minimum absolute atomic E-state index is 0.0702. The fraction of sp³-hybridized carbons (Fsp3) is 0.312. The monoisotopic (exact) mass is 383 g/mol. The summed E-state index contributed by atoms with van der Waals surface area (Å²) in [6.07, 6.45) is 0. The van der Waals surface area contributed by atoms with Crippen molar-refractivity contribution < 1.29 is 17.6 Å². The second-order valence-corrected chi connectivity index (χ2v) is 8.43. The number of nitrogens with one attached hydrogen (secondary N) is 2. The first-order valence-corrected chi connectivity index (χ1v) is 10.1. The van der Waals surface area contributed by atoms with Crippen LogP contribution in [0.1, 0.15) is 21.3 Å². The third kappa shape index (κ3) is 3.74. The largest absolute Gasteiger partial charge is 0.328 e. The van der Waals surface area contributed by atoms with Gasteiger partial charge in [0.25, 0.3) is 5.91 Å².